The fourth-order valence-corrected chi connectivity index (χ4v) is 2.05. The van der Waals surface area contributed by atoms with Crippen molar-refractivity contribution in [3.05, 3.63) is 78.1 Å². The molecule has 0 saturated carbocycles. The summed E-state index contributed by atoms with van der Waals surface area (Å²) in [6.07, 6.45) is 4.15. The van der Waals surface area contributed by atoms with E-state index in [1.165, 1.54) is 30.9 Å². The molecule has 0 saturated heterocycles. The molecule has 9 heteroatoms. The standard InChI is InChI=1S/C19H15N3O6/c23-17(12-20-18(24)15-3-1-9-26-15)22-21-11-13-5-7-14(8-6-13)28-19(25)16-4-2-10-27-16/h1-11H,12H2,(H,20,24)(H,22,23)/b21-11-. The number of hydrazone groups is 1. The molecule has 3 aromatic rings. The average Bonchev–Trinajstić information content (AvgIpc) is 3.41. The number of nitrogens with zero attached hydrogens (tertiary/aromatic N) is 1. The molecular formula is C19H15N3O6. The summed E-state index contributed by atoms with van der Waals surface area (Å²) in [5.41, 5.74) is 2.95. The zero-order chi connectivity index (χ0) is 19.8. The van der Waals surface area contributed by atoms with Crippen molar-refractivity contribution in [1.82, 2.24) is 10.7 Å². The molecule has 2 amide bonds. The molecule has 0 unspecified atom stereocenters. The molecule has 0 bridgehead atoms. The molecule has 1 aromatic carbocycles. The van der Waals surface area contributed by atoms with Gasteiger partial charge in [0.25, 0.3) is 11.8 Å². The highest BCUT2D eigenvalue weighted by Gasteiger charge is 2.11. The Balaban J connectivity index is 1.43. The van der Waals surface area contributed by atoms with E-state index in [0.29, 0.717) is 11.3 Å². The predicted molar refractivity (Wildman–Crippen MR) is 96.9 cm³/mol. The molecular weight excluding hydrogens is 366 g/mol. The van der Waals surface area contributed by atoms with Crippen LogP contribution in [0.25, 0.3) is 0 Å². The van der Waals surface area contributed by atoms with Crippen molar-refractivity contribution in [3.8, 4) is 5.75 Å². The van der Waals surface area contributed by atoms with E-state index in [0.717, 1.165) is 0 Å². The number of rotatable bonds is 7. The lowest BCUT2D eigenvalue weighted by Crippen LogP contribution is -2.34. The van der Waals surface area contributed by atoms with Gasteiger partial charge in [-0.15, -0.1) is 0 Å². The number of esters is 1. The van der Waals surface area contributed by atoms with Gasteiger partial charge in [-0.05, 0) is 54.1 Å². The van der Waals surface area contributed by atoms with Crippen molar-refractivity contribution < 1.29 is 28.0 Å². The average molecular weight is 381 g/mol. The molecule has 0 fully saturated rings. The van der Waals surface area contributed by atoms with Gasteiger partial charge in [-0.2, -0.15) is 5.10 Å². The zero-order valence-electron chi connectivity index (χ0n) is 14.5. The highest BCUT2D eigenvalue weighted by molar-refractivity contribution is 5.94. The van der Waals surface area contributed by atoms with Gasteiger partial charge in [-0.1, -0.05) is 0 Å². The van der Waals surface area contributed by atoms with E-state index in [4.69, 9.17) is 13.6 Å². The van der Waals surface area contributed by atoms with Crippen molar-refractivity contribution >= 4 is 24.0 Å². The molecule has 0 aliphatic rings. The molecule has 2 N–H and O–H groups in total. The smallest absolute Gasteiger partial charge is 0.379 e. The lowest BCUT2D eigenvalue weighted by atomic mass is 10.2. The normalized spacial score (nSPS) is 10.6. The van der Waals surface area contributed by atoms with Gasteiger partial charge < -0.3 is 18.9 Å². The number of benzene rings is 1. The van der Waals surface area contributed by atoms with E-state index in [1.807, 2.05) is 0 Å². The number of hydrogen-bond acceptors (Lipinski definition) is 7. The van der Waals surface area contributed by atoms with Crippen LogP contribution < -0.4 is 15.5 Å². The maximum absolute atomic E-state index is 11.8. The molecule has 2 aromatic heterocycles. The van der Waals surface area contributed by atoms with Gasteiger partial charge in [0.15, 0.2) is 5.76 Å². The second-order valence-electron chi connectivity index (χ2n) is 5.39. The molecule has 0 atom stereocenters. The fourth-order valence-electron chi connectivity index (χ4n) is 2.05. The molecule has 142 valence electrons. The number of carbonyl (C=O) groups is 3. The van der Waals surface area contributed by atoms with E-state index in [9.17, 15) is 14.4 Å². The van der Waals surface area contributed by atoms with Gasteiger partial charge in [0.2, 0.25) is 5.76 Å². The number of carbonyl (C=O) groups excluding carboxylic acids is 3. The van der Waals surface area contributed by atoms with Gasteiger partial charge in [-0.3, -0.25) is 9.59 Å². The van der Waals surface area contributed by atoms with E-state index in [-0.39, 0.29) is 18.1 Å². The number of hydrogen-bond donors (Lipinski definition) is 2. The van der Waals surface area contributed by atoms with Crippen molar-refractivity contribution in [3.63, 3.8) is 0 Å². The Morgan fingerprint density at radius 2 is 1.64 bits per heavy atom. The molecule has 9 nitrogen and oxygen atoms in total. The van der Waals surface area contributed by atoms with E-state index in [2.05, 4.69) is 15.8 Å². The minimum Gasteiger partial charge on any atom is -0.459 e. The van der Waals surface area contributed by atoms with Gasteiger partial charge in [0.05, 0.1) is 25.3 Å². The Morgan fingerprint density at radius 3 is 2.29 bits per heavy atom. The molecule has 28 heavy (non-hydrogen) atoms. The van der Waals surface area contributed by atoms with Crippen LogP contribution in [0.5, 0.6) is 5.75 Å². The van der Waals surface area contributed by atoms with Crippen LogP contribution >= 0.6 is 0 Å². The SMILES string of the molecule is O=C(CNC(=O)c1ccco1)N/N=C\c1ccc(OC(=O)c2ccco2)cc1. The highest BCUT2D eigenvalue weighted by atomic mass is 16.5. The zero-order valence-corrected chi connectivity index (χ0v) is 14.5. The first kappa shape index (κ1) is 18.6. The Morgan fingerprint density at radius 1 is 0.964 bits per heavy atom. The minimum absolute atomic E-state index is 0.104. The maximum atomic E-state index is 11.8. The van der Waals surface area contributed by atoms with Crippen molar-refractivity contribution in [2.45, 2.75) is 0 Å². The lowest BCUT2D eigenvalue weighted by Gasteiger charge is -2.03. The first-order valence-corrected chi connectivity index (χ1v) is 8.11. The van der Waals surface area contributed by atoms with Crippen molar-refractivity contribution in [1.29, 1.82) is 0 Å². The number of nitrogens with one attached hydrogen (secondary N) is 2. The monoisotopic (exact) mass is 381 g/mol. The molecule has 0 aliphatic carbocycles. The topological polar surface area (TPSA) is 123 Å². The Bertz CT molecular complexity index is 960. The third-order valence-electron chi connectivity index (χ3n) is 3.37. The summed E-state index contributed by atoms with van der Waals surface area (Å²) >= 11 is 0. The Kier molecular flexibility index (Phi) is 5.99. The van der Waals surface area contributed by atoms with Crippen LogP contribution in [0.15, 0.2) is 75.0 Å². The van der Waals surface area contributed by atoms with Crippen LogP contribution in [-0.4, -0.2) is 30.5 Å². The fraction of sp³-hybridized carbons (Fsp3) is 0.0526. The number of ether oxygens (including phenoxy) is 1. The van der Waals surface area contributed by atoms with Crippen molar-refractivity contribution in [2.24, 2.45) is 5.10 Å². The summed E-state index contributed by atoms with van der Waals surface area (Å²) in [5.74, 6) is -1.04. The van der Waals surface area contributed by atoms with Crippen LogP contribution in [0.3, 0.4) is 0 Å². The molecule has 0 radical (unpaired) electrons. The Labute approximate surface area is 159 Å². The maximum Gasteiger partial charge on any atom is 0.379 e. The molecule has 0 spiro atoms. The van der Waals surface area contributed by atoms with Crippen LogP contribution in [0.4, 0.5) is 0 Å². The van der Waals surface area contributed by atoms with Gasteiger partial charge in [0.1, 0.15) is 5.75 Å². The van der Waals surface area contributed by atoms with Gasteiger partial charge in [-0.25, -0.2) is 10.2 Å². The summed E-state index contributed by atoms with van der Waals surface area (Å²) in [4.78, 5) is 35.0. The van der Waals surface area contributed by atoms with Crippen LogP contribution in [0.1, 0.15) is 26.7 Å². The first-order valence-electron chi connectivity index (χ1n) is 8.11. The summed E-state index contributed by atoms with van der Waals surface area (Å²) in [6, 6.07) is 12.6. The van der Waals surface area contributed by atoms with Crippen LogP contribution in [-0.2, 0) is 4.79 Å². The van der Waals surface area contributed by atoms with E-state index >= 15 is 0 Å². The summed E-state index contributed by atoms with van der Waals surface area (Å²) in [6.45, 7) is -0.251. The number of amides is 2. The second kappa shape index (κ2) is 8.99. The Hall–Kier alpha value is -4.14. The largest absolute Gasteiger partial charge is 0.459 e. The third-order valence-corrected chi connectivity index (χ3v) is 3.37. The van der Waals surface area contributed by atoms with Crippen LogP contribution in [0, 0.1) is 0 Å². The van der Waals surface area contributed by atoms with Crippen molar-refractivity contribution in [2.75, 3.05) is 6.54 Å². The van der Waals surface area contributed by atoms with E-state index < -0.39 is 17.8 Å². The summed E-state index contributed by atoms with van der Waals surface area (Å²) < 4.78 is 15.0. The lowest BCUT2D eigenvalue weighted by molar-refractivity contribution is -0.120. The number of furan rings is 2. The summed E-state index contributed by atoms with van der Waals surface area (Å²) in [5, 5.41) is 6.19. The third kappa shape index (κ3) is 5.18. The quantitative estimate of drug-likeness (QED) is 0.279. The molecule has 0 aliphatic heterocycles. The molecule has 3 rings (SSSR count). The van der Waals surface area contributed by atoms with Gasteiger partial charge >= 0.3 is 5.97 Å². The summed E-state index contributed by atoms with van der Waals surface area (Å²) in [7, 11) is 0. The van der Waals surface area contributed by atoms with Gasteiger partial charge in [0, 0.05) is 0 Å². The van der Waals surface area contributed by atoms with E-state index in [1.54, 1.807) is 36.4 Å². The molecule has 2 heterocycles. The minimum atomic E-state index is -0.602. The highest BCUT2D eigenvalue weighted by Crippen LogP contribution is 2.13. The first-order chi connectivity index (χ1) is 13.6. The second-order valence-corrected chi connectivity index (χ2v) is 5.39. The van der Waals surface area contributed by atoms with Crippen LogP contribution in [0.2, 0.25) is 0 Å². The predicted octanol–water partition coefficient (Wildman–Crippen LogP) is 1.97.